The van der Waals surface area contributed by atoms with E-state index in [4.69, 9.17) is 5.73 Å². The van der Waals surface area contributed by atoms with E-state index < -0.39 is 15.6 Å². The molecule has 2 aromatic rings. The van der Waals surface area contributed by atoms with E-state index in [9.17, 15) is 12.8 Å². The summed E-state index contributed by atoms with van der Waals surface area (Å²) in [5, 5.41) is 0.724. The summed E-state index contributed by atoms with van der Waals surface area (Å²) in [5.41, 5.74) is 5.72. The Morgan fingerprint density at radius 2 is 2.05 bits per heavy atom. The molecule has 0 bridgehead atoms. The van der Waals surface area contributed by atoms with Crippen molar-refractivity contribution in [1.82, 2.24) is 4.98 Å². The van der Waals surface area contributed by atoms with Crippen LogP contribution in [0, 0.1) is 0 Å². The van der Waals surface area contributed by atoms with E-state index >= 15 is 0 Å². The molecule has 1 heterocycles. The van der Waals surface area contributed by atoms with E-state index in [-0.39, 0.29) is 23.3 Å². The maximum atomic E-state index is 12.5. The van der Waals surface area contributed by atoms with Crippen LogP contribution in [0.25, 0.3) is 10.9 Å². The fraction of sp³-hybridized carbons (Fsp3) is 0.154. The molecule has 6 heteroatoms. The Labute approximate surface area is 110 Å². The molecule has 4 nitrogen and oxygen atoms in total. The average molecular weight is 280 g/mol. The zero-order valence-electron chi connectivity index (χ0n) is 10.1. The maximum Gasteiger partial charge on any atom is 0.184 e. The van der Waals surface area contributed by atoms with Crippen molar-refractivity contribution in [2.45, 2.75) is 4.90 Å². The highest BCUT2D eigenvalue weighted by molar-refractivity contribution is 7.91. The molecular formula is C13H13FN2O2S. The van der Waals surface area contributed by atoms with Crippen LogP contribution in [0.15, 0.2) is 53.3 Å². The summed E-state index contributed by atoms with van der Waals surface area (Å²) in [5.74, 6) is -0.435. The molecule has 100 valence electrons. The van der Waals surface area contributed by atoms with Gasteiger partial charge in [-0.3, -0.25) is 4.98 Å². The van der Waals surface area contributed by atoms with Gasteiger partial charge in [-0.25, -0.2) is 12.8 Å². The normalized spacial score (nSPS) is 12.8. The Bertz CT molecular complexity index is 721. The van der Waals surface area contributed by atoms with Crippen LogP contribution >= 0.6 is 0 Å². The third-order valence-electron chi connectivity index (χ3n) is 2.72. The molecular weight excluding hydrogens is 267 g/mol. The minimum atomic E-state index is -3.66. The van der Waals surface area contributed by atoms with Gasteiger partial charge in [-0.2, -0.15) is 0 Å². The van der Waals surface area contributed by atoms with Crippen LogP contribution in [0.1, 0.15) is 0 Å². The standard InChI is InChI=1S/C13H13FN2O2S/c14-7-10(8-15)9-19(17,18)12-5-1-3-11-4-2-6-16-13(11)12/h1-7H,8-9,15H2/b10-7+. The minimum Gasteiger partial charge on any atom is -0.327 e. The molecule has 0 spiro atoms. The Hall–Kier alpha value is -1.79. The van der Waals surface area contributed by atoms with Gasteiger partial charge in [-0.05, 0) is 17.7 Å². The molecule has 19 heavy (non-hydrogen) atoms. The fourth-order valence-corrected chi connectivity index (χ4v) is 3.36. The SMILES string of the molecule is NC/C(=C\F)CS(=O)(=O)c1cccc2cccnc12. The van der Waals surface area contributed by atoms with Crippen molar-refractivity contribution >= 4 is 20.7 Å². The van der Waals surface area contributed by atoms with Gasteiger partial charge in [-0.1, -0.05) is 18.2 Å². The first-order valence-corrected chi connectivity index (χ1v) is 7.28. The number of nitrogens with zero attached hydrogens (tertiary/aromatic N) is 1. The Morgan fingerprint density at radius 3 is 2.74 bits per heavy atom. The van der Waals surface area contributed by atoms with Crippen molar-refractivity contribution in [3.05, 3.63) is 48.4 Å². The highest BCUT2D eigenvalue weighted by Crippen LogP contribution is 2.22. The molecule has 2 rings (SSSR count). The summed E-state index contributed by atoms with van der Waals surface area (Å²) in [7, 11) is -3.66. The summed E-state index contributed by atoms with van der Waals surface area (Å²) >= 11 is 0. The van der Waals surface area contributed by atoms with Crippen LogP contribution in [0.5, 0.6) is 0 Å². The molecule has 1 aromatic heterocycles. The molecule has 0 aliphatic heterocycles. The Kier molecular flexibility index (Phi) is 3.92. The van der Waals surface area contributed by atoms with E-state index in [1.807, 2.05) is 0 Å². The first-order valence-electron chi connectivity index (χ1n) is 5.63. The number of halogens is 1. The number of pyridine rings is 1. The van der Waals surface area contributed by atoms with Gasteiger partial charge in [0.15, 0.2) is 9.84 Å². The number of sulfone groups is 1. The molecule has 0 unspecified atom stereocenters. The first kappa shape index (κ1) is 13.6. The van der Waals surface area contributed by atoms with E-state index in [0.717, 1.165) is 5.39 Å². The molecule has 0 atom stereocenters. The molecule has 0 saturated heterocycles. The summed E-state index contributed by atoms with van der Waals surface area (Å²) in [4.78, 5) is 4.18. The molecule has 0 radical (unpaired) electrons. The second-order valence-electron chi connectivity index (χ2n) is 4.06. The van der Waals surface area contributed by atoms with Gasteiger partial charge in [0.05, 0.1) is 22.5 Å². The van der Waals surface area contributed by atoms with Crippen molar-refractivity contribution < 1.29 is 12.8 Å². The maximum absolute atomic E-state index is 12.5. The lowest BCUT2D eigenvalue weighted by Gasteiger charge is -2.08. The van der Waals surface area contributed by atoms with Crippen LogP contribution in [0.2, 0.25) is 0 Å². The van der Waals surface area contributed by atoms with E-state index in [0.29, 0.717) is 5.52 Å². The average Bonchev–Trinajstić information content (AvgIpc) is 2.44. The third-order valence-corrected chi connectivity index (χ3v) is 4.47. The van der Waals surface area contributed by atoms with Crippen molar-refractivity contribution in [1.29, 1.82) is 0 Å². The van der Waals surface area contributed by atoms with Gasteiger partial charge in [0.1, 0.15) is 0 Å². The van der Waals surface area contributed by atoms with Gasteiger partial charge in [0.2, 0.25) is 0 Å². The number of nitrogens with two attached hydrogens (primary N) is 1. The van der Waals surface area contributed by atoms with Gasteiger partial charge in [0, 0.05) is 18.1 Å². The zero-order valence-corrected chi connectivity index (χ0v) is 10.9. The largest absolute Gasteiger partial charge is 0.327 e. The molecule has 0 aliphatic carbocycles. The predicted molar refractivity (Wildman–Crippen MR) is 72.0 cm³/mol. The highest BCUT2D eigenvalue weighted by Gasteiger charge is 2.19. The van der Waals surface area contributed by atoms with Crippen molar-refractivity contribution in [3.63, 3.8) is 0 Å². The Balaban J connectivity index is 2.55. The van der Waals surface area contributed by atoms with Crippen LogP contribution < -0.4 is 5.73 Å². The molecule has 0 saturated carbocycles. The topological polar surface area (TPSA) is 73.1 Å². The van der Waals surface area contributed by atoms with Gasteiger partial charge in [-0.15, -0.1) is 0 Å². The number of hydrogen-bond acceptors (Lipinski definition) is 4. The van der Waals surface area contributed by atoms with Crippen LogP contribution in [0.4, 0.5) is 4.39 Å². The minimum absolute atomic E-state index is 0.0351. The van der Waals surface area contributed by atoms with E-state index in [1.165, 1.54) is 12.3 Å². The lowest BCUT2D eigenvalue weighted by molar-refractivity contribution is 0.597. The van der Waals surface area contributed by atoms with Crippen LogP contribution in [-0.2, 0) is 9.84 Å². The van der Waals surface area contributed by atoms with Gasteiger partial charge >= 0.3 is 0 Å². The van der Waals surface area contributed by atoms with Gasteiger partial charge in [0.25, 0.3) is 0 Å². The number of benzene rings is 1. The highest BCUT2D eigenvalue weighted by atomic mass is 32.2. The smallest absolute Gasteiger partial charge is 0.184 e. The first-order chi connectivity index (χ1) is 9.08. The monoisotopic (exact) mass is 280 g/mol. The summed E-state index contributed by atoms with van der Waals surface area (Å²) in [6, 6.07) is 8.38. The number of hydrogen-bond donors (Lipinski definition) is 1. The lowest BCUT2D eigenvalue weighted by Crippen LogP contribution is -2.15. The number of aromatic nitrogens is 1. The number of rotatable bonds is 4. The molecule has 0 fully saturated rings. The third kappa shape index (κ3) is 2.80. The zero-order chi connectivity index (χ0) is 13.9. The summed E-state index contributed by atoms with van der Waals surface area (Å²) in [6.45, 7) is -0.131. The van der Waals surface area contributed by atoms with E-state index in [2.05, 4.69) is 4.98 Å². The van der Waals surface area contributed by atoms with Crippen molar-refractivity contribution in [3.8, 4) is 0 Å². The summed E-state index contributed by atoms with van der Waals surface area (Å²) in [6.07, 6.45) is 1.77. The second-order valence-corrected chi connectivity index (χ2v) is 6.02. The van der Waals surface area contributed by atoms with Crippen LogP contribution in [0.3, 0.4) is 0 Å². The Morgan fingerprint density at radius 1 is 1.32 bits per heavy atom. The van der Waals surface area contributed by atoms with Crippen molar-refractivity contribution in [2.75, 3.05) is 12.3 Å². The predicted octanol–water partition coefficient (Wildman–Crippen LogP) is 1.82. The van der Waals surface area contributed by atoms with E-state index in [1.54, 1.807) is 24.3 Å². The quantitative estimate of drug-likeness (QED) is 0.927. The summed E-state index contributed by atoms with van der Waals surface area (Å²) < 4.78 is 37.0. The lowest BCUT2D eigenvalue weighted by atomic mass is 10.2. The molecule has 1 aromatic carbocycles. The van der Waals surface area contributed by atoms with Crippen LogP contribution in [-0.4, -0.2) is 25.7 Å². The molecule has 0 aliphatic rings. The molecule has 2 N–H and O–H groups in total. The van der Waals surface area contributed by atoms with Crippen molar-refractivity contribution in [2.24, 2.45) is 5.73 Å². The van der Waals surface area contributed by atoms with Gasteiger partial charge < -0.3 is 5.73 Å². The molecule has 0 amide bonds. The number of para-hydroxylation sites is 1. The second kappa shape index (κ2) is 5.46. The fourth-order valence-electron chi connectivity index (χ4n) is 1.78. The number of fused-ring (bicyclic) bond motifs is 1.